The van der Waals surface area contributed by atoms with E-state index >= 15 is 0 Å². The van der Waals surface area contributed by atoms with Gasteiger partial charge in [-0.3, -0.25) is 0 Å². The quantitative estimate of drug-likeness (QED) is 0.447. The Kier molecular flexibility index (Phi) is 12.8. The molecular formula is C4H14O3PtSi4. The van der Waals surface area contributed by atoms with E-state index in [2.05, 4.69) is 13.2 Å². The van der Waals surface area contributed by atoms with Crippen LogP contribution in [-0.2, 0) is 33.4 Å². The molecule has 0 aromatic heterocycles. The smallest absolute Gasteiger partial charge is 0.328 e. The molecule has 0 aromatic rings. The van der Waals surface area contributed by atoms with E-state index in [9.17, 15) is 0 Å². The summed E-state index contributed by atoms with van der Waals surface area (Å²) in [7, 11) is -1.74. The van der Waals surface area contributed by atoms with Crippen molar-refractivity contribution in [3.63, 3.8) is 0 Å². The minimum atomic E-state index is -1.57. The van der Waals surface area contributed by atoms with Gasteiger partial charge in [0.25, 0.3) is 0 Å². The van der Waals surface area contributed by atoms with Crippen molar-refractivity contribution in [1.82, 2.24) is 0 Å². The van der Waals surface area contributed by atoms with Crippen molar-refractivity contribution in [3.05, 3.63) is 24.6 Å². The van der Waals surface area contributed by atoms with E-state index in [0.717, 1.165) is 0 Å². The molecule has 8 heteroatoms. The standard InChI is InChI=1S/C4H14O3Si4.Pt/c1-3-10(5-8)7-11(4-2)6-9;/h3-4,10-11H,1-2H2,8-9H3;. The van der Waals surface area contributed by atoms with Crippen molar-refractivity contribution in [2.24, 2.45) is 0 Å². The molecule has 2 unspecified atom stereocenters. The second kappa shape index (κ2) is 10.00. The van der Waals surface area contributed by atoms with Gasteiger partial charge in [-0.1, -0.05) is 11.4 Å². The molecule has 0 rings (SSSR count). The molecule has 0 bridgehead atoms. The number of rotatable bonds is 6. The molecule has 2 atom stereocenters. The van der Waals surface area contributed by atoms with Crippen molar-refractivity contribution in [1.29, 1.82) is 0 Å². The van der Waals surface area contributed by atoms with Crippen molar-refractivity contribution >= 4 is 39.5 Å². The van der Waals surface area contributed by atoms with E-state index in [0.29, 0.717) is 21.0 Å². The summed E-state index contributed by atoms with van der Waals surface area (Å²) < 4.78 is 15.9. The molecule has 0 heterocycles. The van der Waals surface area contributed by atoms with Crippen LogP contribution in [0.25, 0.3) is 0 Å². The van der Waals surface area contributed by atoms with Crippen LogP contribution in [0, 0.1) is 0 Å². The summed E-state index contributed by atoms with van der Waals surface area (Å²) in [5.74, 6) is 0. The third-order valence-corrected chi connectivity index (χ3v) is 7.75. The third-order valence-electron chi connectivity index (χ3n) is 1.12. The van der Waals surface area contributed by atoms with Gasteiger partial charge in [-0.2, -0.15) is 0 Å². The van der Waals surface area contributed by atoms with Crippen molar-refractivity contribution in [3.8, 4) is 0 Å². The zero-order chi connectivity index (χ0) is 8.69. The van der Waals surface area contributed by atoms with E-state index < -0.39 is 18.6 Å². The van der Waals surface area contributed by atoms with Gasteiger partial charge >= 0.3 is 18.6 Å². The van der Waals surface area contributed by atoms with Gasteiger partial charge in [0.15, 0.2) is 0 Å². The second-order valence-electron chi connectivity index (χ2n) is 1.82. The molecule has 3 nitrogen and oxygen atoms in total. The predicted molar refractivity (Wildman–Crippen MR) is 57.8 cm³/mol. The molecule has 0 aromatic carbocycles. The van der Waals surface area contributed by atoms with Gasteiger partial charge in [-0.25, -0.2) is 0 Å². The van der Waals surface area contributed by atoms with Crippen LogP contribution in [0.15, 0.2) is 24.6 Å². The van der Waals surface area contributed by atoms with Crippen LogP contribution in [0.1, 0.15) is 0 Å². The third kappa shape index (κ3) is 6.43. The van der Waals surface area contributed by atoms with Crippen LogP contribution >= 0.6 is 0 Å². The molecule has 0 aliphatic rings. The Bertz CT molecular complexity index is 121. The molecular weight excluding hydrogens is 403 g/mol. The Labute approximate surface area is 97.2 Å². The summed E-state index contributed by atoms with van der Waals surface area (Å²) in [6.45, 7) is 7.26. The fraction of sp³-hybridized carbons (Fsp3) is 0. The maximum Gasteiger partial charge on any atom is 0.328 e. The maximum absolute atomic E-state index is 5.51. The molecule has 0 aliphatic heterocycles. The fourth-order valence-corrected chi connectivity index (χ4v) is 6.92. The zero-order valence-electron chi connectivity index (χ0n) is 7.26. The van der Waals surface area contributed by atoms with E-state index in [1.165, 1.54) is 0 Å². The summed E-state index contributed by atoms with van der Waals surface area (Å²) >= 11 is 0. The Balaban J connectivity index is 0. The normalized spacial score (nSPS) is 14.7. The van der Waals surface area contributed by atoms with Gasteiger partial charge in [0, 0.05) is 21.1 Å². The van der Waals surface area contributed by atoms with Gasteiger partial charge in [-0.15, -0.1) is 13.2 Å². The van der Waals surface area contributed by atoms with Gasteiger partial charge in [0.05, 0.1) is 0 Å². The van der Waals surface area contributed by atoms with Crippen LogP contribution in [0.3, 0.4) is 0 Å². The molecule has 74 valence electrons. The minimum Gasteiger partial charge on any atom is -0.444 e. The molecule has 0 saturated heterocycles. The molecule has 0 aliphatic carbocycles. The monoisotopic (exact) mass is 417 g/mol. The van der Waals surface area contributed by atoms with E-state index in [-0.39, 0.29) is 21.1 Å². The summed E-state index contributed by atoms with van der Waals surface area (Å²) in [5.41, 5.74) is 3.52. The summed E-state index contributed by atoms with van der Waals surface area (Å²) in [4.78, 5) is 0. The largest absolute Gasteiger partial charge is 0.444 e. The SMILES string of the molecule is C=C[SiH](O[SiH3])O[SiH](C=C)O[SiH3].[Pt]. The molecule has 0 fully saturated rings. The number of hydrogen-bond donors (Lipinski definition) is 0. The molecule has 0 radical (unpaired) electrons. The van der Waals surface area contributed by atoms with E-state index in [1.54, 1.807) is 11.4 Å². The zero-order valence-corrected chi connectivity index (χ0v) is 15.8. The Morgan fingerprint density at radius 3 is 1.50 bits per heavy atom. The van der Waals surface area contributed by atoms with Crippen LogP contribution < -0.4 is 0 Å². The van der Waals surface area contributed by atoms with Crippen LogP contribution in [0.5, 0.6) is 0 Å². The topological polar surface area (TPSA) is 27.7 Å². The second-order valence-corrected chi connectivity index (χ2v) is 9.09. The first kappa shape index (κ1) is 15.4. The molecule has 0 saturated carbocycles. The average molecular weight is 418 g/mol. The Morgan fingerprint density at radius 2 is 1.33 bits per heavy atom. The van der Waals surface area contributed by atoms with E-state index in [4.69, 9.17) is 12.3 Å². The summed E-state index contributed by atoms with van der Waals surface area (Å²) in [6, 6.07) is 0. The van der Waals surface area contributed by atoms with E-state index in [1.807, 2.05) is 0 Å². The summed E-state index contributed by atoms with van der Waals surface area (Å²) in [6.07, 6.45) is 0. The van der Waals surface area contributed by atoms with Gasteiger partial charge < -0.3 is 12.3 Å². The number of hydrogen-bond acceptors (Lipinski definition) is 3. The Morgan fingerprint density at radius 1 is 1.00 bits per heavy atom. The summed E-state index contributed by atoms with van der Waals surface area (Å²) in [5, 5.41) is 0. The fourth-order valence-electron chi connectivity index (χ4n) is 0.547. The predicted octanol–water partition coefficient (Wildman–Crippen LogP) is -2.51. The van der Waals surface area contributed by atoms with Crippen LogP contribution in [-0.4, -0.2) is 39.5 Å². The van der Waals surface area contributed by atoms with Gasteiger partial charge in [0.2, 0.25) is 0 Å². The maximum atomic E-state index is 5.51. The first-order chi connectivity index (χ1) is 5.28. The van der Waals surface area contributed by atoms with Crippen LogP contribution in [0.4, 0.5) is 0 Å². The molecule has 0 N–H and O–H groups in total. The van der Waals surface area contributed by atoms with Crippen molar-refractivity contribution in [2.45, 2.75) is 0 Å². The molecule has 0 spiro atoms. The van der Waals surface area contributed by atoms with Crippen molar-refractivity contribution < 1.29 is 33.4 Å². The first-order valence-corrected chi connectivity index (χ1v) is 8.09. The average Bonchev–Trinajstić information content (AvgIpc) is 2.07. The molecule has 12 heavy (non-hydrogen) atoms. The van der Waals surface area contributed by atoms with Crippen LogP contribution in [0.2, 0.25) is 0 Å². The van der Waals surface area contributed by atoms with Crippen molar-refractivity contribution in [2.75, 3.05) is 0 Å². The molecule has 0 amide bonds. The van der Waals surface area contributed by atoms with Gasteiger partial charge in [0.1, 0.15) is 21.0 Å². The Hall–Kier alpha value is 0.916. The minimum absolute atomic E-state index is 0. The van der Waals surface area contributed by atoms with Gasteiger partial charge in [-0.05, 0) is 0 Å². The first-order valence-electron chi connectivity index (χ1n) is 3.24.